The monoisotopic (exact) mass is 492 g/mol. The molecule has 0 saturated carbocycles. The number of aromatic nitrogens is 2. The number of nitrogens with zero attached hydrogens (tertiary/aromatic N) is 2. The standard InChI is InChI=1S/C27H28N2O5S/c1-5-28-25(30)24-18(2)23(14-12-19-11-13-21(32-3)22(15-19)33-4)35-26(24)29(27(28)31)17-34-16-20-9-7-6-8-10-20/h6-15H,5,16-17H2,1-4H3/b14-12+. The maximum atomic E-state index is 13.2. The molecule has 0 aliphatic carbocycles. The van der Waals surface area contributed by atoms with Gasteiger partial charge in [-0.15, -0.1) is 11.3 Å². The predicted molar refractivity (Wildman–Crippen MR) is 140 cm³/mol. The third-order valence-electron chi connectivity index (χ3n) is 5.81. The van der Waals surface area contributed by atoms with Gasteiger partial charge in [0.2, 0.25) is 0 Å². The van der Waals surface area contributed by atoms with Crippen molar-refractivity contribution in [2.45, 2.75) is 33.7 Å². The highest BCUT2D eigenvalue weighted by molar-refractivity contribution is 7.19. The molecule has 0 aliphatic rings. The SMILES string of the molecule is CCn1c(=O)c2c(C)c(/C=C/c3ccc(OC)c(OC)c3)sc2n(COCc2ccccc2)c1=O. The summed E-state index contributed by atoms with van der Waals surface area (Å²) in [6.45, 7) is 4.43. The van der Waals surface area contributed by atoms with Crippen molar-refractivity contribution in [1.29, 1.82) is 0 Å². The minimum absolute atomic E-state index is 0.0588. The number of rotatable bonds is 9. The molecule has 0 aliphatic heterocycles. The zero-order chi connectivity index (χ0) is 24.9. The molecule has 2 aromatic carbocycles. The summed E-state index contributed by atoms with van der Waals surface area (Å²) in [4.78, 5) is 27.8. The lowest BCUT2D eigenvalue weighted by Crippen LogP contribution is -2.39. The van der Waals surface area contributed by atoms with Gasteiger partial charge < -0.3 is 14.2 Å². The molecule has 0 fully saturated rings. The lowest BCUT2D eigenvalue weighted by Gasteiger charge is -2.11. The lowest BCUT2D eigenvalue weighted by atomic mass is 10.1. The summed E-state index contributed by atoms with van der Waals surface area (Å²) < 4.78 is 19.4. The van der Waals surface area contributed by atoms with E-state index in [0.29, 0.717) is 34.9 Å². The van der Waals surface area contributed by atoms with Crippen LogP contribution in [-0.4, -0.2) is 23.4 Å². The minimum atomic E-state index is -0.366. The Morgan fingerprint density at radius 2 is 1.69 bits per heavy atom. The first-order chi connectivity index (χ1) is 17.0. The number of fused-ring (bicyclic) bond motifs is 1. The van der Waals surface area contributed by atoms with Crippen molar-refractivity contribution in [3.8, 4) is 11.5 Å². The Bertz CT molecular complexity index is 1480. The van der Waals surface area contributed by atoms with Gasteiger partial charge in [-0.05, 0) is 48.7 Å². The van der Waals surface area contributed by atoms with E-state index in [1.54, 1.807) is 25.7 Å². The van der Waals surface area contributed by atoms with Crippen LogP contribution in [0.2, 0.25) is 0 Å². The summed E-state index contributed by atoms with van der Waals surface area (Å²) in [6, 6.07) is 15.4. The van der Waals surface area contributed by atoms with Crippen LogP contribution in [0.25, 0.3) is 22.4 Å². The van der Waals surface area contributed by atoms with Crippen LogP contribution in [0, 0.1) is 6.92 Å². The van der Waals surface area contributed by atoms with Crippen LogP contribution in [0.1, 0.15) is 28.5 Å². The van der Waals surface area contributed by atoms with E-state index in [9.17, 15) is 9.59 Å². The molecule has 0 saturated heterocycles. The molecule has 4 aromatic rings. The van der Waals surface area contributed by atoms with Gasteiger partial charge in [0.1, 0.15) is 11.6 Å². The minimum Gasteiger partial charge on any atom is -0.493 e. The molecular formula is C27H28N2O5S. The van der Waals surface area contributed by atoms with Crippen molar-refractivity contribution in [1.82, 2.24) is 9.13 Å². The molecule has 2 heterocycles. The number of benzene rings is 2. The molecule has 7 nitrogen and oxygen atoms in total. The van der Waals surface area contributed by atoms with E-state index >= 15 is 0 Å². The summed E-state index contributed by atoms with van der Waals surface area (Å²) >= 11 is 1.41. The van der Waals surface area contributed by atoms with Gasteiger partial charge in [-0.1, -0.05) is 42.5 Å². The molecule has 4 rings (SSSR count). The van der Waals surface area contributed by atoms with Crippen LogP contribution in [0.15, 0.2) is 58.1 Å². The molecule has 0 spiro atoms. The zero-order valence-corrected chi connectivity index (χ0v) is 21.1. The summed E-state index contributed by atoms with van der Waals surface area (Å²) in [5, 5.41) is 0.548. The second kappa shape index (κ2) is 10.8. The van der Waals surface area contributed by atoms with E-state index < -0.39 is 0 Å². The second-order valence-electron chi connectivity index (χ2n) is 7.94. The Balaban J connectivity index is 1.72. The Labute approximate surface area is 207 Å². The number of thiophene rings is 1. The highest BCUT2D eigenvalue weighted by Gasteiger charge is 2.18. The van der Waals surface area contributed by atoms with Gasteiger partial charge in [-0.2, -0.15) is 0 Å². The highest BCUT2D eigenvalue weighted by atomic mass is 32.1. The highest BCUT2D eigenvalue weighted by Crippen LogP contribution is 2.31. The molecule has 35 heavy (non-hydrogen) atoms. The maximum Gasteiger partial charge on any atom is 0.334 e. The Morgan fingerprint density at radius 3 is 2.37 bits per heavy atom. The van der Waals surface area contributed by atoms with Gasteiger partial charge >= 0.3 is 5.69 Å². The van der Waals surface area contributed by atoms with Gasteiger partial charge in [0.05, 0.1) is 26.2 Å². The normalized spacial score (nSPS) is 11.4. The summed E-state index contributed by atoms with van der Waals surface area (Å²) in [5.74, 6) is 1.29. The molecule has 0 unspecified atom stereocenters. The smallest absolute Gasteiger partial charge is 0.334 e. The Kier molecular flexibility index (Phi) is 7.53. The van der Waals surface area contributed by atoms with Gasteiger partial charge in [0.25, 0.3) is 5.56 Å². The van der Waals surface area contributed by atoms with E-state index in [1.807, 2.05) is 67.6 Å². The van der Waals surface area contributed by atoms with Gasteiger partial charge in [0, 0.05) is 11.4 Å². The third kappa shape index (κ3) is 4.94. The average Bonchev–Trinajstić information content (AvgIpc) is 3.21. The third-order valence-corrected chi connectivity index (χ3v) is 7.09. The molecule has 182 valence electrons. The van der Waals surface area contributed by atoms with Crippen molar-refractivity contribution >= 4 is 33.7 Å². The molecule has 2 aromatic heterocycles. The van der Waals surface area contributed by atoms with E-state index in [2.05, 4.69) is 0 Å². The van der Waals surface area contributed by atoms with Crippen molar-refractivity contribution < 1.29 is 14.2 Å². The van der Waals surface area contributed by atoms with E-state index in [1.165, 1.54) is 15.9 Å². The fourth-order valence-electron chi connectivity index (χ4n) is 3.92. The van der Waals surface area contributed by atoms with Crippen LogP contribution in [0.3, 0.4) is 0 Å². The van der Waals surface area contributed by atoms with Gasteiger partial charge in [0.15, 0.2) is 11.5 Å². The van der Waals surface area contributed by atoms with Crippen LogP contribution in [0.4, 0.5) is 0 Å². The van der Waals surface area contributed by atoms with Gasteiger partial charge in [-0.25, -0.2) is 4.79 Å². The number of methoxy groups -OCH3 is 2. The molecule has 8 heteroatoms. The fraction of sp³-hybridized carbons (Fsp3) is 0.259. The largest absolute Gasteiger partial charge is 0.493 e. The van der Waals surface area contributed by atoms with Crippen molar-refractivity contribution in [2.24, 2.45) is 0 Å². The molecule has 0 radical (unpaired) electrons. The van der Waals surface area contributed by atoms with Crippen LogP contribution >= 0.6 is 11.3 Å². The number of hydrogen-bond acceptors (Lipinski definition) is 6. The first-order valence-electron chi connectivity index (χ1n) is 11.3. The topological polar surface area (TPSA) is 71.7 Å². The summed E-state index contributed by atoms with van der Waals surface area (Å²) in [7, 11) is 3.19. The number of aryl methyl sites for hydroxylation is 1. The first-order valence-corrected chi connectivity index (χ1v) is 12.1. The van der Waals surface area contributed by atoms with Crippen molar-refractivity contribution in [2.75, 3.05) is 14.2 Å². The van der Waals surface area contributed by atoms with Gasteiger partial charge in [-0.3, -0.25) is 13.9 Å². The first kappa shape index (κ1) is 24.5. The quantitative estimate of drug-likeness (QED) is 0.332. The molecule has 0 N–H and O–H groups in total. The van der Waals surface area contributed by atoms with E-state index in [0.717, 1.165) is 21.6 Å². The van der Waals surface area contributed by atoms with Crippen LogP contribution in [-0.2, 0) is 24.6 Å². The van der Waals surface area contributed by atoms with Crippen LogP contribution < -0.4 is 20.7 Å². The lowest BCUT2D eigenvalue weighted by molar-refractivity contribution is 0.0632. The molecule has 0 atom stereocenters. The summed E-state index contributed by atoms with van der Waals surface area (Å²) in [6.07, 6.45) is 3.91. The average molecular weight is 493 g/mol. The Morgan fingerprint density at radius 1 is 0.943 bits per heavy atom. The van der Waals surface area contributed by atoms with Crippen LogP contribution in [0.5, 0.6) is 11.5 Å². The summed E-state index contributed by atoms with van der Waals surface area (Å²) in [5.41, 5.74) is 2.14. The molecule has 0 bridgehead atoms. The predicted octanol–water partition coefficient (Wildman–Crippen LogP) is 4.91. The second-order valence-corrected chi connectivity index (χ2v) is 8.97. The molecular weight excluding hydrogens is 464 g/mol. The number of hydrogen-bond donors (Lipinski definition) is 0. The van der Waals surface area contributed by atoms with Crippen molar-refractivity contribution in [3.05, 3.63) is 90.9 Å². The Hall–Kier alpha value is -3.62. The maximum absolute atomic E-state index is 13.2. The van der Waals surface area contributed by atoms with E-state index in [-0.39, 0.29) is 18.0 Å². The number of ether oxygens (including phenoxy) is 3. The molecule has 0 amide bonds. The zero-order valence-electron chi connectivity index (χ0n) is 20.2. The fourth-order valence-corrected chi connectivity index (χ4v) is 5.10. The van der Waals surface area contributed by atoms with E-state index in [4.69, 9.17) is 14.2 Å². The van der Waals surface area contributed by atoms with Crippen molar-refractivity contribution in [3.63, 3.8) is 0 Å².